The van der Waals surface area contributed by atoms with E-state index in [0.717, 1.165) is 48.7 Å². The van der Waals surface area contributed by atoms with Gasteiger partial charge in [0.1, 0.15) is 11.9 Å². The number of hydrogen-bond donors (Lipinski definition) is 1. The van der Waals surface area contributed by atoms with Gasteiger partial charge in [-0.25, -0.2) is 0 Å². The summed E-state index contributed by atoms with van der Waals surface area (Å²) >= 11 is 0. The number of carbonyl (C=O) groups excluding carboxylic acids is 1. The van der Waals surface area contributed by atoms with Gasteiger partial charge in [0, 0.05) is 24.2 Å². The van der Waals surface area contributed by atoms with Crippen molar-refractivity contribution in [3.05, 3.63) is 30.1 Å². The van der Waals surface area contributed by atoms with E-state index in [1.54, 1.807) is 0 Å². The minimum absolute atomic E-state index is 0.0930. The maximum atomic E-state index is 12.3. The van der Waals surface area contributed by atoms with Gasteiger partial charge >= 0.3 is 0 Å². The molecule has 4 rings (SSSR count). The molecule has 1 fully saturated rings. The van der Waals surface area contributed by atoms with Crippen LogP contribution in [-0.4, -0.2) is 32.9 Å². The van der Waals surface area contributed by atoms with Crippen molar-refractivity contribution in [3.8, 4) is 11.4 Å². The Kier molecular flexibility index (Phi) is 5.02. The maximum Gasteiger partial charge on any atom is 0.253 e. The molecule has 2 aliphatic rings. The van der Waals surface area contributed by atoms with Crippen molar-refractivity contribution in [1.82, 2.24) is 14.8 Å². The van der Waals surface area contributed by atoms with Crippen LogP contribution in [-0.2, 0) is 22.5 Å². The lowest BCUT2D eigenvalue weighted by molar-refractivity contribution is -0.129. The summed E-state index contributed by atoms with van der Waals surface area (Å²) in [4.78, 5) is 12.3. The predicted octanol–water partition coefficient (Wildman–Crippen LogP) is 3.57. The molecule has 6 heteroatoms. The second-order valence-corrected chi connectivity index (χ2v) is 7.30. The Labute approximate surface area is 154 Å². The quantitative estimate of drug-likeness (QED) is 0.891. The van der Waals surface area contributed by atoms with Gasteiger partial charge in [-0.2, -0.15) is 0 Å². The molecule has 1 aliphatic heterocycles. The van der Waals surface area contributed by atoms with Crippen molar-refractivity contribution < 1.29 is 9.53 Å². The molecule has 1 N–H and O–H groups in total. The van der Waals surface area contributed by atoms with Gasteiger partial charge in [0.2, 0.25) is 0 Å². The summed E-state index contributed by atoms with van der Waals surface area (Å²) in [7, 11) is 0. The second-order valence-electron chi connectivity index (χ2n) is 7.30. The molecule has 0 radical (unpaired) electrons. The molecule has 0 bridgehead atoms. The molecule has 138 valence electrons. The monoisotopic (exact) mass is 354 g/mol. The van der Waals surface area contributed by atoms with Gasteiger partial charge in [0.15, 0.2) is 5.82 Å². The van der Waals surface area contributed by atoms with Gasteiger partial charge in [-0.1, -0.05) is 12.8 Å². The summed E-state index contributed by atoms with van der Waals surface area (Å²) in [5, 5.41) is 11.6. The number of hydrogen-bond acceptors (Lipinski definition) is 4. The molecule has 6 nitrogen and oxygen atoms in total. The van der Waals surface area contributed by atoms with Gasteiger partial charge in [0.05, 0.1) is 6.10 Å². The molecule has 1 aromatic heterocycles. The van der Waals surface area contributed by atoms with Crippen LogP contribution in [0, 0.1) is 0 Å². The third kappa shape index (κ3) is 3.65. The number of ether oxygens (including phenoxy) is 1. The Balaban J connectivity index is 1.39. The van der Waals surface area contributed by atoms with Gasteiger partial charge in [0.25, 0.3) is 5.91 Å². The molecule has 0 spiro atoms. The highest BCUT2D eigenvalue weighted by Crippen LogP contribution is 2.25. The number of fused-ring (bicyclic) bond motifs is 1. The van der Waals surface area contributed by atoms with E-state index >= 15 is 0 Å². The first-order valence-electron chi connectivity index (χ1n) is 9.69. The third-order valence-electron chi connectivity index (χ3n) is 5.34. The maximum absolute atomic E-state index is 12.3. The molecule has 2 aromatic rings. The van der Waals surface area contributed by atoms with Crippen molar-refractivity contribution in [3.63, 3.8) is 0 Å². The smallest absolute Gasteiger partial charge is 0.253 e. The zero-order valence-corrected chi connectivity index (χ0v) is 15.3. The van der Waals surface area contributed by atoms with Crippen LogP contribution in [0.5, 0.6) is 0 Å². The highest BCUT2D eigenvalue weighted by molar-refractivity contribution is 5.94. The lowest BCUT2D eigenvalue weighted by atomic mass is 10.1. The normalized spacial score (nSPS) is 18.5. The lowest BCUT2D eigenvalue weighted by Gasteiger charge is -2.18. The van der Waals surface area contributed by atoms with Gasteiger partial charge in [-0.3, -0.25) is 4.79 Å². The zero-order chi connectivity index (χ0) is 17.9. The Morgan fingerprint density at radius 1 is 1.15 bits per heavy atom. The summed E-state index contributed by atoms with van der Waals surface area (Å²) in [6.07, 6.45) is 7.69. The topological polar surface area (TPSA) is 69.0 Å². The molecule has 0 unspecified atom stereocenters. The van der Waals surface area contributed by atoms with E-state index in [1.807, 2.05) is 31.2 Å². The number of carbonyl (C=O) groups is 1. The minimum atomic E-state index is -0.429. The standard InChI is InChI=1S/C20H26N4O2/c1-14(26-17-6-2-3-7-17)20(25)21-16-11-9-15(10-12-16)19-23-22-18-8-4-5-13-24(18)19/h9-12,14,17H,2-8,13H2,1H3,(H,21,25)/t14-/m0/s1. The first kappa shape index (κ1) is 17.2. The largest absolute Gasteiger partial charge is 0.365 e. The van der Waals surface area contributed by atoms with E-state index in [1.165, 1.54) is 25.7 Å². The average molecular weight is 354 g/mol. The van der Waals surface area contributed by atoms with Crippen LogP contribution in [0.4, 0.5) is 5.69 Å². The summed E-state index contributed by atoms with van der Waals surface area (Å²) < 4.78 is 8.06. The molecule has 2 heterocycles. The Morgan fingerprint density at radius 3 is 2.69 bits per heavy atom. The van der Waals surface area contributed by atoms with Crippen molar-refractivity contribution in [1.29, 1.82) is 0 Å². The number of nitrogens with zero attached hydrogens (tertiary/aromatic N) is 3. The minimum Gasteiger partial charge on any atom is -0.365 e. The van der Waals surface area contributed by atoms with Crippen molar-refractivity contribution >= 4 is 11.6 Å². The number of amides is 1. The molecular formula is C20H26N4O2. The van der Waals surface area contributed by atoms with Crippen LogP contribution in [0.2, 0.25) is 0 Å². The molecule has 26 heavy (non-hydrogen) atoms. The number of aromatic nitrogens is 3. The van der Waals surface area contributed by atoms with E-state index < -0.39 is 6.10 Å². The predicted molar refractivity (Wildman–Crippen MR) is 99.8 cm³/mol. The van der Waals surface area contributed by atoms with Crippen LogP contribution >= 0.6 is 0 Å². The first-order valence-corrected chi connectivity index (χ1v) is 9.69. The number of aryl methyl sites for hydroxylation is 1. The SMILES string of the molecule is C[C@H](OC1CCCC1)C(=O)Nc1ccc(-c2nnc3n2CCCC3)cc1. The fourth-order valence-electron chi connectivity index (χ4n) is 3.84. The molecule has 1 saturated carbocycles. The molecule has 1 atom stereocenters. The van der Waals surface area contributed by atoms with Crippen LogP contribution in [0.25, 0.3) is 11.4 Å². The van der Waals surface area contributed by atoms with Crippen LogP contribution in [0.3, 0.4) is 0 Å². The van der Waals surface area contributed by atoms with E-state index in [0.29, 0.717) is 0 Å². The number of anilines is 1. The lowest BCUT2D eigenvalue weighted by Crippen LogP contribution is -2.30. The van der Waals surface area contributed by atoms with Crippen molar-refractivity contribution in [2.45, 2.75) is 70.6 Å². The number of rotatable bonds is 5. The highest BCUT2D eigenvalue weighted by Gasteiger charge is 2.22. The van der Waals surface area contributed by atoms with E-state index in [4.69, 9.17) is 4.74 Å². The molecule has 1 aromatic carbocycles. The fraction of sp³-hybridized carbons (Fsp3) is 0.550. The van der Waals surface area contributed by atoms with Gasteiger partial charge in [-0.05, 0) is 56.9 Å². The van der Waals surface area contributed by atoms with Crippen LogP contribution in [0.1, 0.15) is 51.3 Å². The van der Waals surface area contributed by atoms with E-state index in [2.05, 4.69) is 20.1 Å². The van der Waals surface area contributed by atoms with Crippen LogP contribution in [0.15, 0.2) is 24.3 Å². The third-order valence-corrected chi connectivity index (χ3v) is 5.34. The second kappa shape index (κ2) is 7.58. The number of benzene rings is 1. The van der Waals surface area contributed by atoms with E-state index in [-0.39, 0.29) is 12.0 Å². The summed E-state index contributed by atoms with van der Waals surface area (Å²) in [5.41, 5.74) is 1.80. The summed E-state index contributed by atoms with van der Waals surface area (Å²) in [6, 6.07) is 7.81. The fourth-order valence-corrected chi connectivity index (χ4v) is 3.84. The summed E-state index contributed by atoms with van der Waals surface area (Å²) in [6.45, 7) is 2.80. The molecule has 0 saturated heterocycles. The van der Waals surface area contributed by atoms with Crippen molar-refractivity contribution in [2.24, 2.45) is 0 Å². The summed E-state index contributed by atoms with van der Waals surface area (Å²) in [5.74, 6) is 1.89. The molecule has 1 amide bonds. The Bertz CT molecular complexity index is 763. The van der Waals surface area contributed by atoms with E-state index in [9.17, 15) is 4.79 Å². The van der Waals surface area contributed by atoms with Crippen LogP contribution < -0.4 is 5.32 Å². The van der Waals surface area contributed by atoms with Crippen molar-refractivity contribution in [2.75, 3.05) is 5.32 Å². The van der Waals surface area contributed by atoms with Gasteiger partial charge < -0.3 is 14.6 Å². The molecule has 1 aliphatic carbocycles. The Hall–Kier alpha value is -2.21. The molecular weight excluding hydrogens is 328 g/mol. The van der Waals surface area contributed by atoms with Gasteiger partial charge in [-0.15, -0.1) is 10.2 Å². The Morgan fingerprint density at radius 2 is 1.92 bits per heavy atom. The highest BCUT2D eigenvalue weighted by atomic mass is 16.5. The zero-order valence-electron chi connectivity index (χ0n) is 15.3. The number of nitrogens with one attached hydrogen (secondary N) is 1. The average Bonchev–Trinajstić information content (AvgIpc) is 3.32. The first-order chi connectivity index (χ1) is 12.7.